The zero-order valence-corrected chi connectivity index (χ0v) is 11.3. The molecule has 0 bridgehead atoms. The molecule has 0 aliphatic heterocycles. The molecular formula is C14H17ClN2O2. The molecule has 0 atom stereocenters. The Bertz CT molecular complexity index is 492. The van der Waals surface area contributed by atoms with Gasteiger partial charge >= 0.3 is 6.03 Å². The lowest BCUT2D eigenvalue weighted by atomic mass is 9.96. The minimum absolute atomic E-state index is 0.00938. The molecule has 1 fully saturated rings. The molecule has 5 heteroatoms. The number of urea groups is 1. The molecule has 2 rings (SSSR count). The van der Waals surface area contributed by atoms with E-state index >= 15 is 0 Å². The molecule has 1 saturated carbocycles. The highest BCUT2D eigenvalue weighted by Crippen LogP contribution is 2.26. The normalized spacial score (nSPS) is 14.9. The standard InChI is InChI=1S/C14H17ClN2O2/c15-11-6-7-13(18)12(8-11)17-14(19)16-9-10-4-2-1-3-5-10/h6-9,18H,1-5H2,(H2,16,17,19). The average Bonchev–Trinajstić information content (AvgIpc) is 2.42. The second-order valence-electron chi connectivity index (χ2n) is 4.62. The number of carbonyl (C=O) groups excluding carboxylic acids is 1. The Labute approximate surface area is 117 Å². The first kappa shape index (κ1) is 13.7. The molecule has 1 aromatic carbocycles. The third-order valence-corrected chi connectivity index (χ3v) is 3.35. The summed E-state index contributed by atoms with van der Waals surface area (Å²) in [4.78, 5) is 11.7. The maximum Gasteiger partial charge on any atom is 0.323 e. The summed E-state index contributed by atoms with van der Waals surface area (Å²) in [5.74, 6) is -0.00938. The maximum absolute atomic E-state index is 11.7. The number of rotatable bonds is 2. The van der Waals surface area contributed by atoms with Gasteiger partial charge in [-0.2, -0.15) is 0 Å². The zero-order valence-electron chi connectivity index (χ0n) is 10.6. The van der Waals surface area contributed by atoms with Gasteiger partial charge in [-0.05, 0) is 43.9 Å². The minimum Gasteiger partial charge on any atom is -0.506 e. The average molecular weight is 281 g/mol. The Kier molecular flexibility index (Phi) is 4.68. The molecule has 4 nitrogen and oxygen atoms in total. The van der Waals surface area contributed by atoms with E-state index in [4.69, 9.17) is 11.6 Å². The molecule has 0 aromatic heterocycles. The number of phenols is 1. The van der Waals surface area contributed by atoms with Crippen LogP contribution in [0.2, 0.25) is 5.02 Å². The fourth-order valence-corrected chi connectivity index (χ4v) is 2.26. The number of hydrogen-bond donors (Lipinski definition) is 3. The summed E-state index contributed by atoms with van der Waals surface area (Å²) in [6.45, 7) is 0. The lowest BCUT2D eigenvalue weighted by Crippen LogP contribution is -2.24. The summed E-state index contributed by atoms with van der Waals surface area (Å²) in [5, 5.41) is 15.3. The first-order chi connectivity index (χ1) is 9.15. The predicted molar refractivity (Wildman–Crippen MR) is 76.4 cm³/mol. The molecule has 1 aliphatic carbocycles. The van der Waals surface area contributed by atoms with Gasteiger partial charge in [-0.3, -0.25) is 0 Å². The van der Waals surface area contributed by atoms with Gasteiger partial charge in [0, 0.05) is 11.2 Å². The number of aromatic hydroxyl groups is 1. The lowest BCUT2D eigenvalue weighted by Gasteiger charge is -2.13. The van der Waals surface area contributed by atoms with E-state index in [-0.39, 0.29) is 11.8 Å². The fraction of sp³-hybridized carbons (Fsp3) is 0.357. The van der Waals surface area contributed by atoms with Crippen LogP contribution >= 0.6 is 11.6 Å². The summed E-state index contributed by atoms with van der Waals surface area (Å²) in [6, 6.07) is 4.13. The monoisotopic (exact) mass is 280 g/mol. The first-order valence-electron chi connectivity index (χ1n) is 6.39. The maximum atomic E-state index is 11.7. The molecule has 0 radical (unpaired) electrons. The van der Waals surface area contributed by atoms with E-state index in [0.29, 0.717) is 10.7 Å². The van der Waals surface area contributed by atoms with Crippen LogP contribution in [-0.4, -0.2) is 11.1 Å². The van der Waals surface area contributed by atoms with Crippen molar-refractivity contribution >= 4 is 23.3 Å². The smallest absolute Gasteiger partial charge is 0.323 e. The van der Waals surface area contributed by atoms with Crippen LogP contribution < -0.4 is 10.6 Å². The van der Waals surface area contributed by atoms with E-state index in [1.165, 1.54) is 37.0 Å². The topological polar surface area (TPSA) is 61.4 Å². The molecule has 1 aliphatic rings. The summed E-state index contributed by atoms with van der Waals surface area (Å²) >= 11 is 5.80. The van der Waals surface area contributed by atoms with Gasteiger partial charge < -0.3 is 15.7 Å². The van der Waals surface area contributed by atoms with Gasteiger partial charge in [0.2, 0.25) is 0 Å². The van der Waals surface area contributed by atoms with Gasteiger partial charge in [-0.25, -0.2) is 4.79 Å². The highest BCUT2D eigenvalue weighted by atomic mass is 35.5. The summed E-state index contributed by atoms with van der Waals surface area (Å²) in [5.41, 5.74) is 1.56. The minimum atomic E-state index is -0.379. The van der Waals surface area contributed by atoms with E-state index in [0.717, 1.165) is 12.8 Å². The number of amides is 2. The molecule has 102 valence electrons. The number of allylic oxidation sites excluding steroid dienone is 1. The molecule has 0 unspecified atom stereocenters. The van der Waals surface area contributed by atoms with Crippen molar-refractivity contribution in [2.45, 2.75) is 32.1 Å². The third kappa shape index (κ3) is 4.17. The fourth-order valence-electron chi connectivity index (χ4n) is 2.08. The Morgan fingerprint density at radius 2 is 2.00 bits per heavy atom. The van der Waals surface area contributed by atoms with Gasteiger partial charge in [-0.1, -0.05) is 23.6 Å². The van der Waals surface area contributed by atoms with Crippen LogP contribution in [0.5, 0.6) is 5.75 Å². The van der Waals surface area contributed by atoms with E-state index in [2.05, 4.69) is 10.6 Å². The number of hydrogen-bond acceptors (Lipinski definition) is 2. The second-order valence-corrected chi connectivity index (χ2v) is 5.06. The molecule has 19 heavy (non-hydrogen) atoms. The van der Waals surface area contributed by atoms with Crippen molar-refractivity contribution in [1.82, 2.24) is 5.32 Å². The van der Waals surface area contributed by atoms with Crippen molar-refractivity contribution in [3.05, 3.63) is 35.0 Å². The van der Waals surface area contributed by atoms with Gasteiger partial charge in [0.05, 0.1) is 5.69 Å². The summed E-state index contributed by atoms with van der Waals surface area (Å²) < 4.78 is 0. The van der Waals surface area contributed by atoms with Crippen molar-refractivity contribution in [2.75, 3.05) is 5.32 Å². The Balaban J connectivity index is 1.92. The van der Waals surface area contributed by atoms with Crippen LogP contribution in [0.4, 0.5) is 10.5 Å². The molecule has 3 N–H and O–H groups in total. The van der Waals surface area contributed by atoms with Crippen LogP contribution in [0.1, 0.15) is 32.1 Å². The van der Waals surface area contributed by atoms with Crippen LogP contribution in [0, 0.1) is 0 Å². The molecule has 1 aromatic rings. The first-order valence-corrected chi connectivity index (χ1v) is 6.77. The van der Waals surface area contributed by atoms with Crippen molar-refractivity contribution in [3.8, 4) is 5.75 Å². The molecule has 0 saturated heterocycles. The molecular weight excluding hydrogens is 264 g/mol. The van der Waals surface area contributed by atoms with E-state index in [1.807, 2.05) is 0 Å². The van der Waals surface area contributed by atoms with Gasteiger partial charge in [0.1, 0.15) is 5.75 Å². The largest absolute Gasteiger partial charge is 0.506 e. The van der Waals surface area contributed by atoms with Gasteiger partial charge in [-0.15, -0.1) is 0 Å². The molecule has 2 amide bonds. The van der Waals surface area contributed by atoms with Crippen LogP contribution in [0.25, 0.3) is 0 Å². The zero-order chi connectivity index (χ0) is 13.7. The van der Waals surface area contributed by atoms with E-state index < -0.39 is 0 Å². The molecule has 0 spiro atoms. The highest BCUT2D eigenvalue weighted by molar-refractivity contribution is 6.31. The number of benzene rings is 1. The van der Waals surface area contributed by atoms with Crippen molar-refractivity contribution < 1.29 is 9.90 Å². The van der Waals surface area contributed by atoms with E-state index in [1.54, 1.807) is 12.3 Å². The van der Waals surface area contributed by atoms with Crippen molar-refractivity contribution in [3.63, 3.8) is 0 Å². The number of phenolic OH excluding ortho intramolecular Hbond substituents is 1. The van der Waals surface area contributed by atoms with Crippen LogP contribution in [-0.2, 0) is 0 Å². The number of anilines is 1. The predicted octanol–water partition coefficient (Wildman–Crippen LogP) is 4.02. The van der Waals surface area contributed by atoms with Crippen molar-refractivity contribution in [2.24, 2.45) is 0 Å². The highest BCUT2D eigenvalue weighted by Gasteiger charge is 2.08. The van der Waals surface area contributed by atoms with Gasteiger partial charge in [0.15, 0.2) is 0 Å². The number of carbonyl (C=O) groups is 1. The summed E-state index contributed by atoms with van der Waals surface area (Å²) in [6.07, 6.45) is 7.48. The van der Waals surface area contributed by atoms with Crippen LogP contribution in [0.15, 0.2) is 30.0 Å². The SMILES string of the molecule is O=C(NC=C1CCCCC1)Nc1cc(Cl)ccc1O. The van der Waals surface area contributed by atoms with Gasteiger partial charge in [0.25, 0.3) is 0 Å². The number of halogens is 1. The number of nitrogens with one attached hydrogen (secondary N) is 2. The second kappa shape index (κ2) is 6.48. The Morgan fingerprint density at radius 3 is 2.74 bits per heavy atom. The van der Waals surface area contributed by atoms with Crippen LogP contribution in [0.3, 0.4) is 0 Å². The summed E-state index contributed by atoms with van der Waals surface area (Å²) in [7, 11) is 0. The Hall–Kier alpha value is -1.68. The Morgan fingerprint density at radius 1 is 1.26 bits per heavy atom. The third-order valence-electron chi connectivity index (χ3n) is 3.11. The van der Waals surface area contributed by atoms with Crippen molar-refractivity contribution in [1.29, 1.82) is 0 Å². The quantitative estimate of drug-likeness (QED) is 0.717. The van der Waals surface area contributed by atoms with E-state index in [9.17, 15) is 9.90 Å². The lowest BCUT2D eigenvalue weighted by molar-refractivity contribution is 0.255. The molecule has 0 heterocycles.